The molecule has 2 rings (SSSR count). The van der Waals surface area contributed by atoms with Crippen LogP contribution in [0.2, 0.25) is 5.02 Å². The van der Waals surface area contributed by atoms with Crippen molar-refractivity contribution in [3.05, 3.63) is 44.9 Å². The molecule has 1 aromatic heterocycles. The Morgan fingerprint density at radius 1 is 1.35 bits per heavy atom. The molecule has 7 heteroatoms. The van der Waals surface area contributed by atoms with E-state index in [0.717, 1.165) is 16.6 Å². The van der Waals surface area contributed by atoms with Gasteiger partial charge in [0.1, 0.15) is 0 Å². The van der Waals surface area contributed by atoms with Gasteiger partial charge >= 0.3 is 6.18 Å². The van der Waals surface area contributed by atoms with Crippen molar-refractivity contribution in [1.29, 1.82) is 0 Å². The fraction of sp³-hybridized carbons (Fsp3) is 0.308. The van der Waals surface area contributed by atoms with Crippen LogP contribution in [0.5, 0.6) is 0 Å². The summed E-state index contributed by atoms with van der Waals surface area (Å²) >= 11 is 7.30. The first-order valence-corrected chi connectivity index (χ1v) is 7.08. The van der Waals surface area contributed by atoms with E-state index in [4.69, 9.17) is 11.6 Å². The number of hydrogen-bond donors (Lipinski definition) is 1. The molecule has 0 saturated carbocycles. The van der Waals surface area contributed by atoms with Gasteiger partial charge in [-0.3, -0.25) is 0 Å². The van der Waals surface area contributed by atoms with Crippen molar-refractivity contribution < 1.29 is 13.2 Å². The van der Waals surface area contributed by atoms with Crippen LogP contribution < -0.4 is 5.32 Å². The van der Waals surface area contributed by atoms with Crippen LogP contribution in [0, 0.1) is 6.92 Å². The summed E-state index contributed by atoms with van der Waals surface area (Å²) in [7, 11) is 0. The average Bonchev–Trinajstić information content (AvgIpc) is 2.76. The Kier molecular flexibility index (Phi) is 4.25. The third kappa shape index (κ3) is 3.07. The molecule has 0 spiro atoms. The SMILES string of the molecule is Cc1ncsc1C(C)Nc1c(Cl)cccc1C(F)(F)F. The molecule has 1 N–H and O–H groups in total. The summed E-state index contributed by atoms with van der Waals surface area (Å²) in [6.07, 6.45) is -4.45. The van der Waals surface area contributed by atoms with Crippen molar-refractivity contribution in [2.75, 3.05) is 5.32 Å². The van der Waals surface area contributed by atoms with Gasteiger partial charge in [-0.05, 0) is 26.0 Å². The van der Waals surface area contributed by atoms with Gasteiger partial charge in [0.05, 0.1) is 33.5 Å². The lowest BCUT2D eigenvalue weighted by Gasteiger charge is -2.20. The molecule has 108 valence electrons. The summed E-state index contributed by atoms with van der Waals surface area (Å²) in [5, 5.41) is 2.90. The first kappa shape index (κ1) is 15.1. The minimum Gasteiger partial charge on any atom is -0.376 e. The zero-order valence-electron chi connectivity index (χ0n) is 10.8. The molecule has 1 heterocycles. The third-order valence-electron chi connectivity index (χ3n) is 2.86. The van der Waals surface area contributed by atoms with E-state index in [0.29, 0.717) is 0 Å². The van der Waals surface area contributed by atoms with E-state index in [1.165, 1.54) is 23.5 Å². The van der Waals surface area contributed by atoms with Gasteiger partial charge in [0.25, 0.3) is 0 Å². The summed E-state index contributed by atoms with van der Waals surface area (Å²) in [5.74, 6) is 0. The number of rotatable bonds is 3. The molecule has 20 heavy (non-hydrogen) atoms. The third-order valence-corrected chi connectivity index (χ3v) is 4.28. The number of aromatic nitrogens is 1. The molecule has 1 atom stereocenters. The Balaban J connectivity index is 2.36. The number of para-hydroxylation sites is 1. The lowest BCUT2D eigenvalue weighted by molar-refractivity contribution is -0.137. The molecule has 0 aliphatic rings. The van der Waals surface area contributed by atoms with Gasteiger partial charge in [-0.15, -0.1) is 11.3 Å². The topological polar surface area (TPSA) is 24.9 Å². The largest absolute Gasteiger partial charge is 0.418 e. The van der Waals surface area contributed by atoms with E-state index in [1.54, 1.807) is 12.4 Å². The minimum atomic E-state index is -4.45. The molecule has 0 amide bonds. The molecule has 0 fully saturated rings. The molecule has 0 aliphatic carbocycles. The fourth-order valence-corrected chi connectivity index (χ4v) is 2.96. The Hall–Kier alpha value is -1.27. The number of hydrogen-bond acceptors (Lipinski definition) is 3. The molecular weight excluding hydrogens is 309 g/mol. The van der Waals surface area contributed by atoms with Crippen LogP contribution in [0.15, 0.2) is 23.7 Å². The van der Waals surface area contributed by atoms with Crippen molar-refractivity contribution in [2.45, 2.75) is 26.1 Å². The second-order valence-corrected chi connectivity index (χ2v) is 5.62. The molecule has 2 nitrogen and oxygen atoms in total. The van der Waals surface area contributed by atoms with E-state index in [9.17, 15) is 13.2 Å². The van der Waals surface area contributed by atoms with E-state index in [1.807, 2.05) is 6.92 Å². The molecule has 0 aliphatic heterocycles. The van der Waals surface area contributed by atoms with Crippen LogP contribution in [0.4, 0.5) is 18.9 Å². The Morgan fingerprint density at radius 3 is 2.60 bits per heavy atom. The molecule has 0 bridgehead atoms. The van der Waals surface area contributed by atoms with Gasteiger partial charge in [0.15, 0.2) is 0 Å². The van der Waals surface area contributed by atoms with E-state index in [-0.39, 0.29) is 16.8 Å². The van der Waals surface area contributed by atoms with Gasteiger partial charge in [-0.2, -0.15) is 13.2 Å². The van der Waals surface area contributed by atoms with Gasteiger partial charge in [-0.25, -0.2) is 4.98 Å². The average molecular weight is 321 g/mol. The Labute approximate surface area is 123 Å². The maximum atomic E-state index is 13.0. The van der Waals surface area contributed by atoms with Gasteiger partial charge in [-0.1, -0.05) is 17.7 Å². The number of benzene rings is 1. The van der Waals surface area contributed by atoms with E-state index >= 15 is 0 Å². The van der Waals surface area contributed by atoms with Crippen molar-refractivity contribution in [2.24, 2.45) is 0 Å². The quantitative estimate of drug-likeness (QED) is 0.830. The molecule has 0 saturated heterocycles. The minimum absolute atomic E-state index is 0.0499. The Morgan fingerprint density at radius 2 is 2.05 bits per heavy atom. The molecular formula is C13H12ClF3N2S. The van der Waals surface area contributed by atoms with Gasteiger partial charge in [0.2, 0.25) is 0 Å². The number of anilines is 1. The highest BCUT2D eigenvalue weighted by Gasteiger charge is 2.34. The number of thiazole rings is 1. The summed E-state index contributed by atoms with van der Waals surface area (Å²) < 4.78 is 39.0. The summed E-state index contributed by atoms with van der Waals surface area (Å²) in [6.45, 7) is 3.60. The fourth-order valence-electron chi connectivity index (χ4n) is 1.92. The molecule has 0 radical (unpaired) electrons. The maximum Gasteiger partial charge on any atom is 0.418 e. The highest BCUT2D eigenvalue weighted by Crippen LogP contribution is 2.40. The summed E-state index contributed by atoms with van der Waals surface area (Å²) in [5.41, 5.74) is 1.61. The van der Waals surface area contributed by atoms with Crippen LogP contribution in [0.25, 0.3) is 0 Å². The van der Waals surface area contributed by atoms with Crippen LogP contribution in [0.1, 0.15) is 29.1 Å². The lowest BCUT2D eigenvalue weighted by atomic mass is 10.1. The van der Waals surface area contributed by atoms with Crippen LogP contribution in [0.3, 0.4) is 0 Å². The predicted octanol–water partition coefficient (Wildman–Crippen LogP) is 5.30. The first-order valence-electron chi connectivity index (χ1n) is 5.83. The van der Waals surface area contributed by atoms with Gasteiger partial charge < -0.3 is 5.32 Å². The summed E-state index contributed by atoms with van der Waals surface area (Å²) in [6, 6.07) is 3.44. The maximum absolute atomic E-state index is 13.0. The number of aryl methyl sites for hydroxylation is 1. The first-order chi connectivity index (χ1) is 9.30. The number of halogens is 4. The molecule has 2 aromatic rings. The van der Waals surface area contributed by atoms with Crippen LogP contribution in [-0.2, 0) is 6.18 Å². The lowest BCUT2D eigenvalue weighted by Crippen LogP contribution is -2.14. The smallest absolute Gasteiger partial charge is 0.376 e. The van der Waals surface area contributed by atoms with Crippen LogP contribution >= 0.6 is 22.9 Å². The second kappa shape index (κ2) is 5.61. The molecule has 1 aromatic carbocycles. The van der Waals surface area contributed by atoms with Crippen molar-refractivity contribution in [1.82, 2.24) is 4.98 Å². The summed E-state index contributed by atoms with van der Waals surface area (Å²) in [4.78, 5) is 4.98. The van der Waals surface area contributed by atoms with Crippen molar-refractivity contribution >= 4 is 28.6 Å². The highest BCUT2D eigenvalue weighted by atomic mass is 35.5. The number of alkyl halides is 3. The zero-order valence-corrected chi connectivity index (χ0v) is 12.3. The monoisotopic (exact) mass is 320 g/mol. The predicted molar refractivity (Wildman–Crippen MR) is 75.3 cm³/mol. The standard InChI is InChI=1S/C13H12ClF3N2S/c1-7-12(20-6-18-7)8(2)19-11-9(13(15,16)17)4-3-5-10(11)14/h3-6,8,19H,1-2H3. The Bertz CT molecular complexity index is 610. The van der Waals surface area contributed by atoms with Crippen LogP contribution in [-0.4, -0.2) is 4.98 Å². The second-order valence-electron chi connectivity index (χ2n) is 4.33. The van der Waals surface area contributed by atoms with Crippen molar-refractivity contribution in [3.8, 4) is 0 Å². The highest BCUT2D eigenvalue weighted by molar-refractivity contribution is 7.09. The zero-order chi connectivity index (χ0) is 14.9. The van der Waals surface area contributed by atoms with E-state index in [2.05, 4.69) is 10.3 Å². The number of nitrogens with one attached hydrogen (secondary N) is 1. The molecule has 1 unspecified atom stereocenters. The van der Waals surface area contributed by atoms with Crippen molar-refractivity contribution in [3.63, 3.8) is 0 Å². The van der Waals surface area contributed by atoms with Gasteiger partial charge in [0, 0.05) is 4.88 Å². The number of nitrogens with zero attached hydrogens (tertiary/aromatic N) is 1. The normalized spacial score (nSPS) is 13.3. The van der Waals surface area contributed by atoms with E-state index < -0.39 is 11.7 Å².